The third-order valence-electron chi connectivity index (χ3n) is 4.42. The van der Waals surface area contributed by atoms with E-state index in [2.05, 4.69) is 83.6 Å². The number of aliphatic imine (C=N–C) groups is 1. The molecule has 1 aromatic rings. The summed E-state index contributed by atoms with van der Waals surface area (Å²) in [7, 11) is 6.07. The van der Waals surface area contributed by atoms with Gasteiger partial charge in [0.15, 0.2) is 5.96 Å². The van der Waals surface area contributed by atoms with Gasteiger partial charge in [-0.15, -0.1) is 24.0 Å². The molecule has 4 nitrogen and oxygen atoms in total. The molecular formula is C18H31IN4S. The molecule has 24 heavy (non-hydrogen) atoms. The first-order chi connectivity index (χ1) is 11.0. The van der Waals surface area contributed by atoms with E-state index in [1.807, 2.05) is 7.05 Å². The molecule has 0 radical (unpaired) electrons. The second-order valence-electron chi connectivity index (χ2n) is 6.60. The van der Waals surface area contributed by atoms with Gasteiger partial charge in [0.2, 0.25) is 0 Å². The molecule has 2 N–H and O–H groups in total. The second-order valence-corrected chi connectivity index (χ2v) is 8.28. The number of nitrogens with zero attached hydrogens (tertiary/aromatic N) is 2. The predicted molar refractivity (Wildman–Crippen MR) is 118 cm³/mol. The number of hydrogen-bond donors (Lipinski definition) is 2. The van der Waals surface area contributed by atoms with Crippen LogP contribution < -0.4 is 10.6 Å². The van der Waals surface area contributed by atoms with Crippen LogP contribution in [0.3, 0.4) is 0 Å². The van der Waals surface area contributed by atoms with Crippen LogP contribution in [0.4, 0.5) is 0 Å². The van der Waals surface area contributed by atoms with Crippen molar-refractivity contribution in [3.05, 3.63) is 35.9 Å². The van der Waals surface area contributed by atoms with Crippen LogP contribution in [-0.2, 0) is 0 Å². The molecule has 0 bridgehead atoms. The standard InChI is InChI=1S/C18H30N4S.HI/c1-18(11-8-12-23-18)14-21-17(19-2)20-13-16(22(3)4)15-9-6-5-7-10-15;/h5-7,9-10,16H,8,11-14H2,1-4H3,(H2,19,20,21);1H. The molecule has 136 valence electrons. The molecule has 1 aromatic carbocycles. The second kappa shape index (κ2) is 10.5. The maximum atomic E-state index is 4.37. The van der Waals surface area contributed by atoms with Gasteiger partial charge in [0.25, 0.3) is 0 Å². The molecule has 0 aliphatic carbocycles. The summed E-state index contributed by atoms with van der Waals surface area (Å²) in [6.45, 7) is 4.15. The monoisotopic (exact) mass is 462 g/mol. The number of benzene rings is 1. The van der Waals surface area contributed by atoms with Crippen molar-refractivity contribution >= 4 is 41.7 Å². The number of halogens is 1. The van der Waals surface area contributed by atoms with E-state index in [0.717, 1.165) is 19.0 Å². The van der Waals surface area contributed by atoms with E-state index in [9.17, 15) is 0 Å². The first-order valence-corrected chi connectivity index (χ1v) is 9.32. The molecule has 1 fully saturated rings. The highest BCUT2D eigenvalue weighted by atomic mass is 127. The summed E-state index contributed by atoms with van der Waals surface area (Å²) in [5, 5.41) is 6.98. The zero-order valence-electron chi connectivity index (χ0n) is 15.2. The van der Waals surface area contributed by atoms with Crippen molar-refractivity contribution in [1.29, 1.82) is 0 Å². The molecule has 6 heteroatoms. The number of likely N-dealkylation sites (N-methyl/N-ethyl adjacent to an activating group) is 1. The first kappa shape index (κ1) is 21.6. The van der Waals surface area contributed by atoms with Gasteiger partial charge >= 0.3 is 0 Å². The number of rotatable bonds is 6. The Kier molecular flexibility index (Phi) is 9.44. The van der Waals surface area contributed by atoms with E-state index in [1.54, 1.807) is 0 Å². The van der Waals surface area contributed by atoms with Crippen molar-refractivity contribution in [2.24, 2.45) is 4.99 Å². The maximum Gasteiger partial charge on any atom is 0.191 e. The minimum Gasteiger partial charge on any atom is -0.355 e. The topological polar surface area (TPSA) is 39.7 Å². The normalized spacial score (nSPS) is 22.1. The summed E-state index contributed by atoms with van der Waals surface area (Å²) in [4.78, 5) is 6.61. The summed E-state index contributed by atoms with van der Waals surface area (Å²) in [5.41, 5.74) is 1.32. The quantitative estimate of drug-likeness (QED) is 0.387. The zero-order valence-corrected chi connectivity index (χ0v) is 18.4. The molecule has 2 unspecified atom stereocenters. The molecule has 1 aliphatic heterocycles. The van der Waals surface area contributed by atoms with Crippen molar-refractivity contribution < 1.29 is 0 Å². The SMILES string of the molecule is CN=C(NCC(c1ccccc1)N(C)C)NCC1(C)CCCS1.I. The largest absolute Gasteiger partial charge is 0.355 e. The summed E-state index contributed by atoms with van der Waals surface area (Å²) >= 11 is 2.07. The third kappa shape index (κ3) is 6.44. The minimum atomic E-state index is 0. The van der Waals surface area contributed by atoms with E-state index in [-0.39, 0.29) is 24.0 Å². The summed E-state index contributed by atoms with van der Waals surface area (Å²) < 4.78 is 0.345. The van der Waals surface area contributed by atoms with Gasteiger partial charge in [-0.25, -0.2) is 0 Å². The highest BCUT2D eigenvalue weighted by Crippen LogP contribution is 2.36. The van der Waals surface area contributed by atoms with Gasteiger partial charge in [-0.05, 0) is 45.2 Å². The molecule has 2 atom stereocenters. The molecule has 1 heterocycles. The Hall–Kier alpha value is -0.470. The van der Waals surface area contributed by atoms with E-state index in [1.165, 1.54) is 24.2 Å². The molecule has 0 saturated carbocycles. The Morgan fingerprint density at radius 2 is 2.00 bits per heavy atom. The molecule has 1 saturated heterocycles. The summed E-state index contributed by atoms with van der Waals surface area (Å²) in [5.74, 6) is 2.17. The number of guanidine groups is 1. The Balaban J connectivity index is 0.00000288. The lowest BCUT2D eigenvalue weighted by Crippen LogP contribution is -2.45. The van der Waals surface area contributed by atoms with Crippen LogP contribution in [0.25, 0.3) is 0 Å². The van der Waals surface area contributed by atoms with Gasteiger partial charge < -0.3 is 15.5 Å². The molecule has 0 spiro atoms. The average molecular weight is 462 g/mol. The van der Waals surface area contributed by atoms with Gasteiger partial charge in [-0.3, -0.25) is 4.99 Å². The van der Waals surface area contributed by atoms with Crippen molar-refractivity contribution in [1.82, 2.24) is 15.5 Å². The fraction of sp³-hybridized carbons (Fsp3) is 0.611. The lowest BCUT2D eigenvalue weighted by Gasteiger charge is -2.28. The van der Waals surface area contributed by atoms with Crippen LogP contribution in [0, 0.1) is 0 Å². The van der Waals surface area contributed by atoms with Crippen molar-refractivity contribution in [2.45, 2.75) is 30.6 Å². The highest BCUT2D eigenvalue weighted by Gasteiger charge is 2.29. The number of hydrogen-bond acceptors (Lipinski definition) is 3. The first-order valence-electron chi connectivity index (χ1n) is 8.34. The van der Waals surface area contributed by atoms with Crippen molar-refractivity contribution in [3.8, 4) is 0 Å². The zero-order chi connectivity index (χ0) is 16.7. The van der Waals surface area contributed by atoms with Crippen LogP contribution >= 0.6 is 35.7 Å². The molecule has 0 amide bonds. The Morgan fingerprint density at radius 1 is 1.29 bits per heavy atom. The summed E-state index contributed by atoms with van der Waals surface area (Å²) in [6.07, 6.45) is 2.61. The van der Waals surface area contributed by atoms with E-state index < -0.39 is 0 Å². The smallest absolute Gasteiger partial charge is 0.191 e. The van der Waals surface area contributed by atoms with Crippen molar-refractivity contribution in [3.63, 3.8) is 0 Å². The fourth-order valence-corrected chi connectivity index (χ4v) is 4.18. The lowest BCUT2D eigenvalue weighted by molar-refractivity contribution is 0.298. The van der Waals surface area contributed by atoms with Crippen molar-refractivity contribution in [2.75, 3.05) is 40.0 Å². The van der Waals surface area contributed by atoms with Gasteiger partial charge in [-0.2, -0.15) is 11.8 Å². The Morgan fingerprint density at radius 3 is 2.54 bits per heavy atom. The van der Waals surface area contributed by atoms with E-state index >= 15 is 0 Å². The Labute approximate surface area is 168 Å². The fourth-order valence-electron chi connectivity index (χ4n) is 2.93. The van der Waals surface area contributed by atoms with Crippen LogP contribution in [0.2, 0.25) is 0 Å². The van der Waals surface area contributed by atoms with Gasteiger partial charge in [0.05, 0.1) is 6.04 Å². The number of thioether (sulfide) groups is 1. The lowest BCUT2D eigenvalue weighted by atomic mass is 10.1. The van der Waals surface area contributed by atoms with Crippen LogP contribution in [0.15, 0.2) is 35.3 Å². The molecular weight excluding hydrogens is 431 g/mol. The van der Waals surface area contributed by atoms with E-state index in [0.29, 0.717) is 10.8 Å². The molecule has 2 rings (SSSR count). The minimum absolute atomic E-state index is 0. The molecule has 0 aromatic heterocycles. The third-order valence-corrected chi connectivity index (χ3v) is 5.96. The predicted octanol–water partition coefficient (Wildman–Crippen LogP) is 3.36. The molecule has 1 aliphatic rings. The van der Waals surface area contributed by atoms with Gasteiger partial charge in [0.1, 0.15) is 0 Å². The van der Waals surface area contributed by atoms with Crippen LogP contribution in [0.1, 0.15) is 31.4 Å². The van der Waals surface area contributed by atoms with Crippen LogP contribution in [-0.4, -0.2) is 55.6 Å². The van der Waals surface area contributed by atoms with E-state index in [4.69, 9.17) is 0 Å². The summed E-state index contributed by atoms with van der Waals surface area (Å²) in [6, 6.07) is 10.9. The van der Waals surface area contributed by atoms with Crippen LogP contribution in [0.5, 0.6) is 0 Å². The highest BCUT2D eigenvalue weighted by molar-refractivity contribution is 14.0. The number of nitrogens with one attached hydrogen (secondary N) is 2. The van der Waals surface area contributed by atoms with Gasteiger partial charge in [-0.1, -0.05) is 30.3 Å². The van der Waals surface area contributed by atoms with Gasteiger partial charge in [0, 0.05) is 24.9 Å². The Bertz CT molecular complexity index is 501. The maximum absolute atomic E-state index is 4.37. The average Bonchev–Trinajstić information content (AvgIpc) is 2.98.